The number of nitrogens with two attached hydrogens (primary N) is 1. The van der Waals surface area contributed by atoms with Gasteiger partial charge in [-0.2, -0.15) is 0 Å². The number of rotatable bonds is 2. The van der Waals surface area contributed by atoms with Gasteiger partial charge in [-0.15, -0.1) is 0 Å². The molecule has 0 heterocycles. The first kappa shape index (κ1) is 16.8. The third-order valence-corrected chi connectivity index (χ3v) is 1.87. The number of nitrogens with one attached hydrogen (secondary N) is 1. The number of carbonyl (C=O) groups is 2. The fraction of sp³-hybridized carbons (Fsp3) is 0.385. The number of carbonyl (C=O) groups excluding carboxylic acids is 2. The first-order chi connectivity index (χ1) is 8.99. The van der Waals surface area contributed by atoms with Crippen LogP contribution in [0.2, 0.25) is 0 Å². The van der Waals surface area contributed by atoms with Gasteiger partial charge in [0.15, 0.2) is 0 Å². The number of anilines is 2. The number of ether oxygens (including phenoxy) is 2. The van der Waals surface area contributed by atoms with Crippen molar-refractivity contribution in [2.45, 2.75) is 20.3 Å². The summed E-state index contributed by atoms with van der Waals surface area (Å²) in [5.74, 6) is -0.585. The van der Waals surface area contributed by atoms with E-state index < -0.39 is 12.1 Å². The van der Waals surface area contributed by atoms with E-state index in [0.29, 0.717) is 5.69 Å². The third-order valence-electron chi connectivity index (χ3n) is 1.87. The topological polar surface area (TPSA) is 90.6 Å². The van der Waals surface area contributed by atoms with Crippen LogP contribution in [0.15, 0.2) is 18.2 Å². The van der Waals surface area contributed by atoms with Crippen molar-refractivity contribution in [2.24, 2.45) is 0 Å². The van der Waals surface area contributed by atoms with E-state index in [1.165, 1.54) is 32.8 Å². The Balaban J connectivity index is 0.000000982. The Bertz CT molecular complexity index is 433. The van der Waals surface area contributed by atoms with Gasteiger partial charge in [-0.3, -0.25) is 5.32 Å². The van der Waals surface area contributed by atoms with E-state index in [-0.39, 0.29) is 11.3 Å². The van der Waals surface area contributed by atoms with Crippen molar-refractivity contribution in [1.82, 2.24) is 0 Å². The predicted octanol–water partition coefficient (Wildman–Crippen LogP) is 2.65. The first-order valence-corrected chi connectivity index (χ1v) is 5.82. The summed E-state index contributed by atoms with van der Waals surface area (Å²) in [5.41, 5.74) is 6.39. The first-order valence-electron chi connectivity index (χ1n) is 5.82. The lowest BCUT2D eigenvalue weighted by atomic mass is 10.1. The molecule has 1 aromatic rings. The molecule has 0 radical (unpaired) electrons. The fourth-order valence-corrected chi connectivity index (χ4v) is 1.11. The van der Waals surface area contributed by atoms with Gasteiger partial charge < -0.3 is 15.2 Å². The highest BCUT2D eigenvalue weighted by molar-refractivity contribution is 6.00. The Kier molecular flexibility index (Phi) is 7.76. The maximum absolute atomic E-state index is 11.4. The number of esters is 1. The lowest BCUT2D eigenvalue weighted by Crippen LogP contribution is -2.15. The van der Waals surface area contributed by atoms with Gasteiger partial charge in [0.1, 0.15) is 0 Å². The van der Waals surface area contributed by atoms with Gasteiger partial charge in [-0.05, 0) is 18.2 Å². The largest absolute Gasteiger partial charge is 0.465 e. The van der Waals surface area contributed by atoms with E-state index >= 15 is 0 Å². The van der Waals surface area contributed by atoms with E-state index in [0.717, 1.165) is 0 Å². The molecule has 1 aromatic carbocycles. The van der Waals surface area contributed by atoms with Crippen molar-refractivity contribution < 1.29 is 19.1 Å². The molecule has 1 rings (SSSR count). The van der Waals surface area contributed by atoms with E-state index in [2.05, 4.69) is 28.6 Å². The van der Waals surface area contributed by atoms with Crippen molar-refractivity contribution in [3.05, 3.63) is 23.8 Å². The van der Waals surface area contributed by atoms with Crippen LogP contribution < -0.4 is 11.1 Å². The number of nitrogen functional groups attached to an aromatic ring is 1. The Morgan fingerprint density at radius 2 is 1.79 bits per heavy atom. The van der Waals surface area contributed by atoms with Crippen molar-refractivity contribution in [1.29, 1.82) is 0 Å². The summed E-state index contributed by atoms with van der Waals surface area (Å²) < 4.78 is 8.98. The Hall–Kier alpha value is -2.24. The minimum Gasteiger partial charge on any atom is -0.465 e. The SMILES string of the molecule is CCC.COC(=O)Nc1ccc(N)cc1C(=O)OC. The van der Waals surface area contributed by atoms with Gasteiger partial charge in [0, 0.05) is 5.69 Å². The maximum atomic E-state index is 11.4. The smallest absolute Gasteiger partial charge is 0.411 e. The minimum absolute atomic E-state index is 0.174. The normalized spacial score (nSPS) is 8.84. The summed E-state index contributed by atoms with van der Waals surface area (Å²) in [4.78, 5) is 22.4. The van der Waals surface area contributed by atoms with Crippen LogP contribution in [-0.4, -0.2) is 26.3 Å². The average molecular weight is 268 g/mol. The van der Waals surface area contributed by atoms with Gasteiger partial charge in [-0.25, -0.2) is 9.59 Å². The van der Waals surface area contributed by atoms with E-state index in [1.807, 2.05) is 0 Å². The highest BCUT2D eigenvalue weighted by atomic mass is 16.5. The molecule has 106 valence electrons. The number of amides is 1. The highest BCUT2D eigenvalue weighted by Gasteiger charge is 2.14. The van der Waals surface area contributed by atoms with Crippen LogP contribution in [0.1, 0.15) is 30.6 Å². The van der Waals surface area contributed by atoms with Crippen LogP contribution in [0.5, 0.6) is 0 Å². The second-order valence-corrected chi connectivity index (χ2v) is 3.62. The zero-order valence-electron chi connectivity index (χ0n) is 11.6. The number of hydrogen-bond donors (Lipinski definition) is 2. The molecule has 6 heteroatoms. The molecular formula is C13H20N2O4. The molecule has 0 aliphatic heterocycles. The van der Waals surface area contributed by atoms with Gasteiger partial charge >= 0.3 is 12.1 Å². The molecular weight excluding hydrogens is 248 g/mol. The molecule has 1 amide bonds. The summed E-state index contributed by atoms with van der Waals surface area (Å²) in [7, 11) is 2.47. The molecule has 0 bridgehead atoms. The summed E-state index contributed by atoms with van der Waals surface area (Å²) in [6.45, 7) is 4.25. The van der Waals surface area contributed by atoms with Gasteiger partial charge in [0.05, 0.1) is 25.5 Å². The summed E-state index contributed by atoms with van der Waals surface area (Å²) in [6, 6.07) is 4.47. The van der Waals surface area contributed by atoms with Crippen molar-refractivity contribution in [3.8, 4) is 0 Å². The Morgan fingerprint density at radius 3 is 2.26 bits per heavy atom. The van der Waals surface area contributed by atoms with Crippen molar-refractivity contribution >= 4 is 23.4 Å². The Morgan fingerprint density at radius 1 is 1.21 bits per heavy atom. The van der Waals surface area contributed by atoms with Crippen LogP contribution in [-0.2, 0) is 9.47 Å². The summed E-state index contributed by atoms with van der Waals surface area (Å²) >= 11 is 0. The maximum Gasteiger partial charge on any atom is 0.411 e. The molecule has 0 saturated carbocycles. The molecule has 0 saturated heterocycles. The van der Waals surface area contributed by atoms with Crippen LogP contribution in [0.25, 0.3) is 0 Å². The third kappa shape index (κ3) is 5.76. The molecule has 0 unspecified atom stereocenters. The molecule has 3 N–H and O–H groups in total. The molecule has 0 spiro atoms. The number of hydrogen-bond acceptors (Lipinski definition) is 5. The number of methoxy groups -OCH3 is 2. The zero-order chi connectivity index (χ0) is 14.8. The van der Waals surface area contributed by atoms with Gasteiger partial charge in [0.25, 0.3) is 0 Å². The molecule has 0 aromatic heterocycles. The van der Waals surface area contributed by atoms with Crippen LogP contribution >= 0.6 is 0 Å². The standard InChI is InChI=1S/C10H12N2O4.C3H8/c1-15-9(13)7-5-6(11)3-4-8(7)12-10(14)16-2;1-3-2/h3-5H,11H2,1-2H3,(H,12,14);3H2,1-2H3. The van der Waals surface area contributed by atoms with Crippen LogP contribution in [0.4, 0.5) is 16.2 Å². The molecule has 6 nitrogen and oxygen atoms in total. The summed E-state index contributed by atoms with van der Waals surface area (Å²) in [5, 5.41) is 2.39. The van der Waals surface area contributed by atoms with Crippen molar-refractivity contribution in [2.75, 3.05) is 25.3 Å². The zero-order valence-corrected chi connectivity index (χ0v) is 11.6. The Labute approximate surface area is 112 Å². The fourth-order valence-electron chi connectivity index (χ4n) is 1.11. The molecule has 0 aliphatic carbocycles. The van der Waals surface area contributed by atoms with Gasteiger partial charge in [-0.1, -0.05) is 20.3 Å². The predicted molar refractivity (Wildman–Crippen MR) is 74.2 cm³/mol. The molecule has 0 aliphatic rings. The summed E-state index contributed by atoms with van der Waals surface area (Å²) in [6.07, 6.45) is 0.579. The van der Waals surface area contributed by atoms with Crippen molar-refractivity contribution in [3.63, 3.8) is 0 Å². The second-order valence-electron chi connectivity index (χ2n) is 3.62. The quantitative estimate of drug-likeness (QED) is 0.635. The minimum atomic E-state index is -0.671. The van der Waals surface area contributed by atoms with Crippen LogP contribution in [0, 0.1) is 0 Å². The number of benzene rings is 1. The van der Waals surface area contributed by atoms with Gasteiger partial charge in [0.2, 0.25) is 0 Å². The average Bonchev–Trinajstić information content (AvgIpc) is 2.40. The van der Waals surface area contributed by atoms with E-state index in [9.17, 15) is 9.59 Å². The lowest BCUT2D eigenvalue weighted by Gasteiger charge is -2.09. The second kappa shape index (κ2) is 8.79. The van der Waals surface area contributed by atoms with Crippen LogP contribution in [0.3, 0.4) is 0 Å². The molecule has 19 heavy (non-hydrogen) atoms. The van der Waals surface area contributed by atoms with E-state index in [1.54, 1.807) is 6.07 Å². The monoisotopic (exact) mass is 268 g/mol. The van der Waals surface area contributed by atoms with E-state index in [4.69, 9.17) is 5.73 Å². The lowest BCUT2D eigenvalue weighted by molar-refractivity contribution is 0.0602. The molecule has 0 fully saturated rings. The highest BCUT2D eigenvalue weighted by Crippen LogP contribution is 2.19. The molecule has 0 atom stereocenters.